The molecule has 0 bridgehead atoms. The normalized spacial score (nSPS) is 24.4. The van der Waals surface area contributed by atoms with Crippen molar-refractivity contribution in [1.29, 1.82) is 0 Å². The van der Waals surface area contributed by atoms with E-state index in [9.17, 15) is 0 Å². The fourth-order valence-electron chi connectivity index (χ4n) is 4.26. The first-order valence-electron chi connectivity index (χ1n) is 9.73. The number of likely N-dealkylation sites (tertiary alicyclic amines) is 1. The van der Waals surface area contributed by atoms with Gasteiger partial charge in [0.15, 0.2) is 0 Å². The van der Waals surface area contributed by atoms with Crippen molar-refractivity contribution >= 4 is 0 Å². The summed E-state index contributed by atoms with van der Waals surface area (Å²) in [5, 5.41) is 0. The highest BCUT2D eigenvalue weighted by molar-refractivity contribution is 5.38. The van der Waals surface area contributed by atoms with E-state index < -0.39 is 0 Å². The Morgan fingerprint density at radius 2 is 1.54 bits per heavy atom. The zero-order valence-electron chi connectivity index (χ0n) is 16.1. The molecule has 0 spiro atoms. The van der Waals surface area contributed by atoms with Gasteiger partial charge in [-0.05, 0) is 62.9 Å². The predicted molar refractivity (Wildman–Crippen MR) is 102 cm³/mol. The maximum Gasteiger partial charge on any atom is 0.0237 e. The van der Waals surface area contributed by atoms with Crippen molar-refractivity contribution in [3.8, 4) is 0 Å². The molecule has 0 amide bonds. The SMILES string of the molecule is Cc1cc(CN2CCN(C)CC2)c(C)c(CN2CCC[C@H](C)C2)c1. The van der Waals surface area contributed by atoms with Gasteiger partial charge < -0.3 is 4.90 Å². The summed E-state index contributed by atoms with van der Waals surface area (Å²) in [7, 11) is 2.23. The summed E-state index contributed by atoms with van der Waals surface area (Å²) in [6, 6.07) is 4.83. The van der Waals surface area contributed by atoms with Crippen LogP contribution in [0, 0.1) is 19.8 Å². The molecule has 0 aliphatic carbocycles. The minimum atomic E-state index is 0.855. The maximum atomic E-state index is 2.66. The molecule has 3 heteroatoms. The molecule has 24 heavy (non-hydrogen) atoms. The highest BCUT2D eigenvalue weighted by Crippen LogP contribution is 2.23. The van der Waals surface area contributed by atoms with Crippen LogP contribution in [0.5, 0.6) is 0 Å². The van der Waals surface area contributed by atoms with Crippen molar-refractivity contribution in [2.75, 3.05) is 46.3 Å². The molecule has 2 aliphatic heterocycles. The van der Waals surface area contributed by atoms with E-state index >= 15 is 0 Å². The molecule has 0 unspecified atom stereocenters. The lowest BCUT2D eigenvalue weighted by molar-refractivity contribution is 0.147. The van der Waals surface area contributed by atoms with Crippen LogP contribution in [0.1, 0.15) is 42.0 Å². The van der Waals surface area contributed by atoms with E-state index in [2.05, 4.69) is 54.7 Å². The highest BCUT2D eigenvalue weighted by atomic mass is 15.2. The summed E-state index contributed by atoms with van der Waals surface area (Å²) < 4.78 is 0. The molecule has 3 rings (SSSR count). The van der Waals surface area contributed by atoms with Crippen LogP contribution in [0.3, 0.4) is 0 Å². The Kier molecular flexibility index (Phi) is 5.96. The average Bonchev–Trinajstić information content (AvgIpc) is 2.54. The Labute approximate surface area is 148 Å². The first-order valence-corrected chi connectivity index (χ1v) is 9.73. The molecule has 2 aliphatic rings. The Balaban J connectivity index is 1.70. The van der Waals surface area contributed by atoms with Crippen molar-refractivity contribution in [3.63, 3.8) is 0 Å². The number of nitrogens with zero attached hydrogens (tertiary/aromatic N) is 3. The van der Waals surface area contributed by atoms with E-state index in [1.165, 1.54) is 63.2 Å². The first kappa shape index (κ1) is 17.9. The van der Waals surface area contributed by atoms with Crippen molar-refractivity contribution in [2.24, 2.45) is 5.92 Å². The van der Waals surface area contributed by atoms with Crippen LogP contribution < -0.4 is 0 Å². The van der Waals surface area contributed by atoms with E-state index in [1.54, 1.807) is 11.1 Å². The van der Waals surface area contributed by atoms with Gasteiger partial charge in [0.2, 0.25) is 0 Å². The molecule has 0 radical (unpaired) electrons. The number of benzene rings is 1. The van der Waals surface area contributed by atoms with E-state index in [0.29, 0.717) is 0 Å². The molecule has 2 heterocycles. The Hall–Kier alpha value is -0.900. The first-order chi connectivity index (χ1) is 11.5. The molecule has 2 fully saturated rings. The van der Waals surface area contributed by atoms with Crippen LogP contribution in [0.25, 0.3) is 0 Å². The van der Waals surface area contributed by atoms with Gasteiger partial charge in [0.25, 0.3) is 0 Å². The summed E-state index contributed by atoms with van der Waals surface area (Å²) in [5.74, 6) is 0.855. The summed E-state index contributed by atoms with van der Waals surface area (Å²) >= 11 is 0. The topological polar surface area (TPSA) is 9.72 Å². The van der Waals surface area contributed by atoms with Crippen LogP contribution >= 0.6 is 0 Å². The van der Waals surface area contributed by atoms with Gasteiger partial charge in [-0.3, -0.25) is 9.80 Å². The zero-order chi connectivity index (χ0) is 17.1. The molecule has 1 aromatic carbocycles. The smallest absolute Gasteiger partial charge is 0.0237 e. The van der Waals surface area contributed by atoms with Gasteiger partial charge >= 0.3 is 0 Å². The lowest BCUT2D eigenvalue weighted by Gasteiger charge is -2.34. The second-order valence-corrected chi connectivity index (χ2v) is 8.27. The third-order valence-electron chi connectivity index (χ3n) is 5.89. The Bertz CT molecular complexity index is 546. The third kappa shape index (κ3) is 4.59. The van der Waals surface area contributed by atoms with Crippen molar-refractivity contribution < 1.29 is 0 Å². The molecule has 1 atom stereocenters. The van der Waals surface area contributed by atoms with Crippen molar-refractivity contribution in [3.05, 3.63) is 34.4 Å². The second kappa shape index (κ2) is 7.99. The lowest BCUT2D eigenvalue weighted by atomic mass is 9.96. The lowest BCUT2D eigenvalue weighted by Crippen LogP contribution is -2.44. The molecule has 0 N–H and O–H groups in total. The van der Waals surface area contributed by atoms with Crippen LogP contribution in [0.4, 0.5) is 0 Å². The van der Waals surface area contributed by atoms with E-state index in [1.807, 2.05) is 0 Å². The Morgan fingerprint density at radius 3 is 2.17 bits per heavy atom. The monoisotopic (exact) mass is 329 g/mol. The fraction of sp³-hybridized carbons (Fsp3) is 0.714. The van der Waals surface area contributed by atoms with Crippen molar-refractivity contribution in [2.45, 2.75) is 46.7 Å². The van der Waals surface area contributed by atoms with Crippen LogP contribution in [-0.4, -0.2) is 61.0 Å². The van der Waals surface area contributed by atoms with Crippen molar-refractivity contribution in [1.82, 2.24) is 14.7 Å². The van der Waals surface area contributed by atoms with Gasteiger partial charge in [-0.25, -0.2) is 0 Å². The standard InChI is InChI=1S/C21H35N3/c1-17-6-5-7-24(14-17)16-21-13-18(2)12-20(19(21)3)15-23-10-8-22(4)9-11-23/h12-13,17H,5-11,14-16H2,1-4H3/t17-/m0/s1. The molecular weight excluding hydrogens is 294 g/mol. The van der Waals surface area contributed by atoms with Crippen LogP contribution in [0.15, 0.2) is 12.1 Å². The van der Waals surface area contributed by atoms with Gasteiger partial charge in [0, 0.05) is 45.8 Å². The number of aryl methyl sites for hydroxylation is 1. The molecule has 2 saturated heterocycles. The van der Waals surface area contributed by atoms with Crippen LogP contribution in [0.2, 0.25) is 0 Å². The fourth-order valence-corrected chi connectivity index (χ4v) is 4.26. The summed E-state index contributed by atoms with van der Waals surface area (Å²) in [4.78, 5) is 7.71. The summed E-state index contributed by atoms with van der Waals surface area (Å²) in [6.45, 7) is 16.6. The Morgan fingerprint density at radius 1 is 0.917 bits per heavy atom. The van der Waals surface area contributed by atoms with E-state index in [4.69, 9.17) is 0 Å². The molecule has 0 aromatic heterocycles. The van der Waals surface area contributed by atoms with Gasteiger partial charge in [0.05, 0.1) is 0 Å². The number of hydrogen-bond acceptors (Lipinski definition) is 3. The molecule has 3 nitrogen and oxygen atoms in total. The third-order valence-corrected chi connectivity index (χ3v) is 5.89. The van der Waals surface area contributed by atoms with E-state index in [-0.39, 0.29) is 0 Å². The number of hydrogen-bond donors (Lipinski definition) is 0. The number of piperidine rings is 1. The maximum absolute atomic E-state index is 2.66. The van der Waals surface area contributed by atoms with Crippen LogP contribution in [-0.2, 0) is 13.1 Å². The van der Waals surface area contributed by atoms with Gasteiger partial charge in [-0.1, -0.05) is 24.6 Å². The molecule has 134 valence electrons. The average molecular weight is 330 g/mol. The number of likely N-dealkylation sites (N-methyl/N-ethyl adjacent to an activating group) is 1. The van der Waals surface area contributed by atoms with E-state index in [0.717, 1.165) is 19.0 Å². The molecule has 1 aromatic rings. The largest absolute Gasteiger partial charge is 0.304 e. The predicted octanol–water partition coefficient (Wildman–Crippen LogP) is 3.28. The highest BCUT2D eigenvalue weighted by Gasteiger charge is 2.19. The minimum Gasteiger partial charge on any atom is -0.304 e. The van der Waals surface area contributed by atoms with Gasteiger partial charge in [-0.15, -0.1) is 0 Å². The second-order valence-electron chi connectivity index (χ2n) is 8.27. The molecule has 0 saturated carbocycles. The minimum absolute atomic E-state index is 0.855. The number of rotatable bonds is 4. The zero-order valence-corrected chi connectivity index (χ0v) is 16.1. The quantitative estimate of drug-likeness (QED) is 0.839. The number of piperazine rings is 1. The summed E-state index contributed by atoms with van der Waals surface area (Å²) in [5.41, 5.74) is 6.04. The van der Waals surface area contributed by atoms with Gasteiger partial charge in [0.1, 0.15) is 0 Å². The van der Waals surface area contributed by atoms with Gasteiger partial charge in [-0.2, -0.15) is 0 Å². The summed E-state index contributed by atoms with van der Waals surface area (Å²) in [6.07, 6.45) is 2.76. The molecular formula is C21H35N3.